The minimum atomic E-state index is 0.673. The molecule has 1 aliphatic rings. The first kappa shape index (κ1) is 7.62. The molecular formula is C9H9BrN2O. The van der Waals surface area contributed by atoms with Gasteiger partial charge in [0, 0.05) is 19.0 Å². The van der Waals surface area contributed by atoms with Gasteiger partial charge in [-0.3, -0.25) is 0 Å². The van der Waals surface area contributed by atoms with Crippen LogP contribution < -0.4 is 0 Å². The Bertz CT molecular complexity index is 467. The summed E-state index contributed by atoms with van der Waals surface area (Å²) in [6.45, 7) is 0. The van der Waals surface area contributed by atoms with E-state index in [0.717, 1.165) is 15.9 Å². The minimum Gasteiger partial charge on any atom is -0.431 e. The van der Waals surface area contributed by atoms with E-state index in [2.05, 4.69) is 25.5 Å². The number of hydrogen-bond acceptors (Lipinski definition) is 2. The molecular weight excluding hydrogens is 232 g/mol. The normalized spacial score (nSPS) is 17.1. The van der Waals surface area contributed by atoms with Gasteiger partial charge in [-0.1, -0.05) is 0 Å². The van der Waals surface area contributed by atoms with E-state index in [-0.39, 0.29) is 0 Å². The molecule has 0 saturated heterocycles. The summed E-state index contributed by atoms with van der Waals surface area (Å²) in [5.74, 6) is 1.84. The molecule has 0 radical (unpaired) electrons. The van der Waals surface area contributed by atoms with Crippen molar-refractivity contribution >= 4 is 27.2 Å². The van der Waals surface area contributed by atoms with Gasteiger partial charge in [0.1, 0.15) is 11.3 Å². The summed E-state index contributed by atoms with van der Waals surface area (Å²) in [5.41, 5.74) is 1.82. The molecule has 3 nitrogen and oxygen atoms in total. The molecule has 0 aromatic carbocycles. The average molecular weight is 241 g/mol. The van der Waals surface area contributed by atoms with E-state index in [1.54, 1.807) is 0 Å². The first-order valence-electron chi connectivity index (χ1n) is 4.37. The third-order valence-corrected chi connectivity index (χ3v) is 2.88. The standard InChI is InChI=1S/C9H9BrN2O/c1-12-8(5-2-3-5)11-6-4-7(10)13-9(6)12/h4-5H,2-3H2,1H3. The molecule has 2 heterocycles. The summed E-state index contributed by atoms with van der Waals surface area (Å²) < 4.78 is 8.28. The summed E-state index contributed by atoms with van der Waals surface area (Å²) in [7, 11) is 2.01. The van der Waals surface area contributed by atoms with Crippen molar-refractivity contribution in [3.8, 4) is 0 Å². The highest BCUT2D eigenvalue weighted by molar-refractivity contribution is 9.10. The fraction of sp³-hybridized carbons (Fsp3) is 0.444. The Kier molecular flexibility index (Phi) is 1.39. The van der Waals surface area contributed by atoms with E-state index in [1.165, 1.54) is 18.7 Å². The van der Waals surface area contributed by atoms with Crippen LogP contribution in [0.2, 0.25) is 0 Å². The zero-order chi connectivity index (χ0) is 9.00. The molecule has 68 valence electrons. The molecule has 4 heteroatoms. The third-order valence-electron chi connectivity index (χ3n) is 2.49. The number of furan rings is 1. The summed E-state index contributed by atoms with van der Waals surface area (Å²) in [5, 5.41) is 0. The van der Waals surface area contributed by atoms with E-state index in [4.69, 9.17) is 4.42 Å². The molecule has 0 bridgehead atoms. The molecule has 1 saturated carbocycles. The van der Waals surface area contributed by atoms with Crippen LogP contribution in [0.1, 0.15) is 24.6 Å². The van der Waals surface area contributed by atoms with Crippen molar-refractivity contribution in [2.24, 2.45) is 7.05 Å². The second-order valence-electron chi connectivity index (χ2n) is 3.54. The van der Waals surface area contributed by atoms with Crippen LogP contribution in [-0.2, 0) is 7.05 Å². The van der Waals surface area contributed by atoms with Crippen LogP contribution in [-0.4, -0.2) is 9.55 Å². The monoisotopic (exact) mass is 240 g/mol. The molecule has 1 fully saturated rings. The molecule has 3 rings (SSSR count). The molecule has 2 aromatic heterocycles. The minimum absolute atomic E-state index is 0.673. The predicted molar refractivity (Wildman–Crippen MR) is 52.7 cm³/mol. The number of aryl methyl sites for hydroxylation is 1. The van der Waals surface area contributed by atoms with Gasteiger partial charge in [0.15, 0.2) is 4.67 Å². The summed E-state index contributed by atoms with van der Waals surface area (Å²) in [6, 6.07) is 1.92. The number of hydrogen-bond donors (Lipinski definition) is 0. The summed E-state index contributed by atoms with van der Waals surface area (Å²) in [4.78, 5) is 4.53. The molecule has 13 heavy (non-hydrogen) atoms. The first-order valence-corrected chi connectivity index (χ1v) is 5.16. The van der Waals surface area contributed by atoms with Crippen LogP contribution in [0.15, 0.2) is 15.2 Å². The lowest BCUT2D eigenvalue weighted by atomic mass is 10.4. The topological polar surface area (TPSA) is 31.0 Å². The van der Waals surface area contributed by atoms with Crippen molar-refractivity contribution in [3.05, 3.63) is 16.6 Å². The molecule has 0 atom stereocenters. The van der Waals surface area contributed by atoms with Crippen molar-refractivity contribution in [1.82, 2.24) is 9.55 Å². The number of imidazole rings is 1. The molecule has 0 unspecified atom stereocenters. The SMILES string of the molecule is Cn1c(C2CC2)nc2cc(Br)oc21. The van der Waals surface area contributed by atoms with Gasteiger partial charge in [-0.05, 0) is 28.8 Å². The van der Waals surface area contributed by atoms with Gasteiger partial charge in [-0.2, -0.15) is 0 Å². The molecule has 1 aliphatic carbocycles. The van der Waals surface area contributed by atoms with Crippen molar-refractivity contribution < 1.29 is 4.42 Å². The van der Waals surface area contributed by atoms with Gasteiger partial charge in [-0.25, -0.2) is 4.98 Å². The highest BCUT2D eigenvalue weighted by Crippen LogP contribution is 2.40. The van der Waals surface area contributed by atoms with E-state index >= 15 is 0 Å². The Labute approximate surface area is 83.9 Å². The van der Waals surface area contributed by atoms with Crippen LogP contribution in [0.3, 0.4) is 0 Å². The van der Waals surface area contributed by atoms with Crippen LogP contribution in [0.5, 0.6) is 0 Å². The Balaban J connectivity index is 2.26. The second kappa shape index (κ2) is 2.38. The maximum absolute atomic E-state index is 5.47. The van der Waals surface area contributed by atoms with Crippen molar-refractivity contribution in [3.63, 3.8) is 0 Å². The van der Waals surface area contributed by atoms with E-state index < -0.39 is 0 Å². The average Bonchev–Trinajstić information content (AvgIpc) is 2.79. The number of rotatable bonds is 1. The molecule has 0 aliphatic heterocycles. The van der Waals surface area contributed by atoms with Crippen LogP contribution in [0.4, 0.5) is 0 Å². The predicted octanol–water partition coefficient (Wildman–Crippen LogP) is 2.81. The van der Waals surface area contributed by atoms with Crippen LogP contribution >= 0.6 is 15.9 Å². The number of fused-ring (bicyclic) bond motifs is 1. The lowest BCUT2D eigenvalue weighted by molar-refractivity contribution is 0.554. The zero-order valence-corrected chi connectivity index (χ0v) is 8.84. The lowest BCUT2D eigenvalue weighted by Gasteiger charge is -1.96. The molecule has 0 amide bonds. The van der Waals surface area contributed by atoms with Gasteiger partial charge in [-0.15, -0.1) is 0 Å². The summed E-state index contributed by atoms with van der Waals surface area (Å²) >= 11 is 3.30. The van der Waals surface area contributed by atoms with Crippen molar-refractivity contribution in [2.45, 2.75) is 18.8 Å². The maximum Gasteiger partial charge on any atom is 0.228 e. The highest BCUT2D eigenvalue weighted by atomic mass is 79.9. The zero-order valence-electron chi connectivity index (χ0n) is 7.25. The molecule has 0 spiro atoms. The summed E-state index contributed by atoms with van der Waals surface area (Å²) in [6.07, 6.45) is 2.54. The number of aromatic nitrogens is 2. The quantitative estimate of drug-likeness (QED) is 0.768. The fourth-order valence-corrected chi connectivity index (χ4v) is 2.04. The number of nitrogens with zero attached hydrogens (tertiary/aromatic N) is 2. The van der Waals surface area contributed by atoms with Crippen LogP contribution in [0.25, 0.3) is 11.2 Å². The Hall–Kier alpha value is -0.770. The lowest BCUT2D eigenvalue weighted by Crippen LogP contribution is -1.94. The van der Waals surface area contributed by atoms with Gasteiger partial charge in [0.25, 0.3) is 0 Å². The highest BCUT2D eigenvalue weighted by Gasteiger charge is 2.29. The molecule has 0 N–H and O–H groups in total. The molecule has 2 aromatic rings. The van der Waals surface area contributed by atoms with Crippen molar-refractivity contribution in [2.75, 3.05) is 0 Å². The van der Waals surface area contributed by atoms with Crippen molar-refractivity contribution in [1.29, 1.82) is 0 Å². The third kappa shape index (κ3) is 1.05. The van der Waals surface area contributed by atoms with Gasteiger partial charge < -0.3 is 8.98 Å². The second-order valence-corrected chi connectivity index (χ2v) is 4.33. The largest absolute Gasteiger partial charge is 0.431 e. The Morgan fingerprint density at radius 1 is 1.62 bits per heavy atom. The fourth-order valence-electron chi connectivity index (χ4n) is 1.67. The van der Waals surface area contributed by atoms with Gasteiger partial charge >= 0.3 is 0 Å². The Morgan fingerprint density at radius 3 is 3.00 bits per heavy atom. The van der Waals surface area contributed by atoms with E-state index in [1.807, 2.05) is 13.1 Å². The van der Waals surface area contributed by atoms with E-state index in [9.17, 15) is 0 Å². The van der Waals surface area contributed by atoms with Gasteiger partial charge in [0.2, 0.25) is 5.71 Å². The Morgan fingerprint density at radius 2 is 2.38 bits per heavy atom. The van der Waals surface area contributed by atoms with Gasteiger partial charge in [0.05, 0.1) is 0 Å². The van der Waals surface area contributed by atoms with Crippen LogP contribution in [0, 0.1) is 0 Å². The van der Waals surface area contributed by atoms with E-state index in [0.29, 0.717) is 5.92 Å². The first-order chi connectivity index (χ1) is 6.25. The maximum atomic E-state index is 5.47. The smallest absolute Gasteiger partial charge is 0.228 e. The number of halogens is 1.